The molecule has 3 nitrogen and oxygen atoms in total. The van der Waals surface area contributed by atoms with E-state index in [1.54, 1.807) is 35.2 Å². The van der Waals surface area contributed by atoms with Gasteiger partial charge in [-0.3, -0.25) is 4.79 Å². The molecular weight excluding hydrogens is 184 g/mol. The van der Waals surface area contributed by atoms with Gasteiger partial charge in [0, 0.05) is 6.92 Å². The summed E-state index contributed by atoms with van der Waals surface area (Å²) in [5.41, 5.74) is 0.627. The molecule has 0 unspecified atom stereocenters. The van der Waals surface area contributed by atoms with Crippen LogP contribution in [0.3, 0.4) is 0 Å². The molecule has 4 heteroatoms. The third kappa shape index (κ3) is 1.40. The number of hydrogen-bond donors (Lipinski definition) is 0. The SMILES string of the molecule is CC(=O)c1ccnn1-c1cccs1. The fraction of sp³-hybridized carbons (Fsp3) is 0.111. The van der Waals surface area contributed by atoms with E-state index in [9.17, 15) is 4.79 Å². The second-order valence-corrected chi connectivity index (χ2v) is 3.56. The molecule has 2 aromatic heterocycles. The first-order valence-corrected chi connectivity index (χ1v) is 4.76. The first-order valence-electron chi connectivity index (χ1n) is 3.88. The van der Waals surface area contributed by atoms with Crippen LogP contribution in [0.5, 0.6) is 0 Å². The molecule has 0 aliphatic rings. The van der Waals surface area contributed by atoms with Gasteiger partial charge in [0.2, 0.25) is 0 Å². The Kier molecular flexibility index (Phi) is 1.98. The van der Waals surface area contributed by atoms with Gasteiger partial charge in [-0.1, -0.05) is 0 Å². The van der Waals surface area contributed by atoms with Gasteiger partial charge in [0.1, 0.15) is 10.7 Å². The quantitative estimate of drug-likeness (QED) is 0.683. The summed E-state index contributed by atoms with van der Waals surface area (Å²) in [6.07, 6.45) is 1.64. The standard InChI is InChI=1S/C9H8N2OS/c1-7(12)8-4-5-10-11(8)9-3-2-6-13-9/h2-6H,1H3. The molecule has 2 rings (SSSR count). The fourth-order valence-corrected chi connectivity index (χ4v) is 1.83. The summed E-state index contributed by atoms with van der Waals surface area (Å²) in [6.45, 7) is 1.54. The van der Waals surface area contributed by atoms with Crippen LogP contribution in [0.25, 0.3) is 5.00 Å². The molecule has 0 saturated carbocycles. The van der Waals surface area contributed by atoms with Crippen molar-refractivity contribution in [2.24, 2.45) is 0 Å². The summed E-state index contributed by atoms with van der Waals surface area (Å²) in [5.74, 6) is 0.0332. The van der Waals surface area contributed by atoms with Crippen molar-refractivity contribution < 1.29 is 4.79 Å². The maximum atomic E-state index is 11.2. The van der Waals surface area contributed by atoms with E-state index in [1.165, 1.54) is 0 Å². The largest absolute Gasteiger partial charge is 0.293 e. The number of Topliss-reactive ketones (excluding diaryl/α,β-unsaturated/α-hetero) is 1. The summed E-state index contributed by atoms with van der Waals surface area (Å²) in [6, 6.07) is 5.59. The molecule has 0 atom stereocenters. The van der Waals surface area contributed by atoms with Crippen molar-refractivity contribution in [2.45, 2.75) is 6.92 Å². The predicted molar refractivity (Wildman–Crippen MR) is 51.4 cm³/mol. The van der Waals surface area contributed by atoms with Crippen molar-refractivity contribution in [2.75, 3.05) is 0 Å². The molecule has 2 aromatic rings. The summed E-state index contributed by atoms with van der Waals surface area (Å²) in [7, 11) is 0. The monoisotopic (exact) mass is 192 g/mol. The van der Waals surface area contributed by atoms with Crippen LogP contribution in [0, 0.1) is 0 Å². The summed E-state index contributed by atoms with van der Waals surface area (Å²) in [5, 5.41) is 7.01. The zero-order chi connectivity index (χ0) is 9.26. The first-order chi connectivity index (χ1) is 6.29. The Morgan fingerprint density at radius 3 is 3.00 bits per heavy atom. The lowest BCUT2D eigenvalue weighted by Gasteiger charge is -1.99. The van der Waals surface area contributed by atoms with Crippen molar-refractivity contribution in [1.29, 1.82) is 0 Å². The Hall–Kier alpha value is -1.42. The molecule has 0 N–H and O–H groups in total. The van der Waals surface area contributed by atoms with Gasteiger partial charge in [-0.15, -0.1) is 11.3 Å². The van der Waals surface area contributed by atoms with Crippen LogP contribution >= 0.6 is 11.3 Å². The molecular formula is C9H8N2OS. The number of carbonyl (C=O) groups is 1. The van der Waals surface area contributed by atoms with Crippen molar-refractivity contribution in [3.05, 3.63) is 35.5 Å². The van der Waals surface area contributed by atoms with E-state index < -0.39 is 0 Å². The number of hydrogen-bond acceptors (Lipinski definition) is 3. The zero-order valence-electron chi connectivity index (χ0n) is 7.10. The second kappa shape index (κ2) is 3.14. The molecule has 0 saturated heterocycles. The molecule has 0 aliphatic carbocycles. The average Bonchev–Trinajstić information content (AvgIpc) is 2.74. The lowest BCUT2D eigenvalue weighted by atomic mass is 10.3. The summed E-state index contributed by atoms with van der Waals surface area (Å²) < 4.78 is 1.66. The highest BCUT2D eigenvalue weighted by Crippen LogP contribution is 2.16. The van der Waals surface area contributed by atoms with Crippen LogP contribution in [-0.4, -0.2) is 15.6 Å². The highest BCUT2D eigenvalue weighted by Gasteiger charge is 2.08. The van der Waals surface area contributed by atoms with E-state index in [4.69, 9.17) is 0 Å². The minimum atomic E-state index is 0.0332. The average molecular weight is 192 g/mol. The van der Waals surface area contributed by atoms with E-state index >= 15 is 0 Å². The number of carbonyl (C=O) groups excluding carboxylic acids is 1. The highest BCUT2D eigenvalue weighted by molar-refractivity contribution is 7.12. The van der Waals surface area contributed by atoms with Crippen LogP contribution in [0.15, 0.2) is 29.8 Å². The highest BCUT2D eigenvalue weighted by atomic mass is 32.1. The second-order valence-electron chi connectivity index (χ2n) is 2.64. The Bertz CT molecular complexity index is 417. The van der Waals surface area contributed by atoms with Gasteiger partial charge in [0.05, 0.1) is 6.20 Å². The number of rotatable bonds is 2. The van der Waals surface area contributed by atoms with Gasteiger partial charge in [0.15, 0.2) is 5.78 Å². The maximum absolute atomic E-state index is 11.2. The Morgan fingerprint density at radius 2 is 2.38 bits per heavy atom. The van der Waals surface area contributed by atoms with Crippen LogP contribution in [0.2, 0.25) is 0 Å². The van der Waals surface area contributed by atoms with Crippen molar-refractivity contribution >= 4 is 17.1 Å². The molecule has 0 radical (unpaired) electrons. The molecule has 13 heavy (non-hydrogen) atoms. The van der Waals surface area contributed by atoms with E-state index in [-0.39, 0.29) is 5.78 Å². The summed E-state index contributed by atoms with van der Waals surface area (Å²) in [4.78, 5) is 11.2. The van der Waals surface area contributed by atoms with Crippen molar-refractivity contribution in [1.82, 2.24) is 9.78 Å². The van der Waals surface area contributed by atoms with Gasteiger partial charge in [-0.05, 0) is 23.6 Å². The lowest BCUT2D eigenvalue weighted by Crippen LogP contribution is -2.03. The van der Waals surface area contributed by atoms with E-state index in [2.05, 4.69) is 5.10 Å². The third-order valence-electron chi connectivity index (χ3n) is 1.72. The molecule has 0 aromatic carbocycles. The normalized spacial score (nSPS) is 10.2. The van der Waals surface area contributed by atoms with Gasteiger partial charge in [0.25, 0.3) is 0 Å². The molecule has 0 bridgehead atoms. The number of aromatic nitrogens is 2. The van der Waals surface area contributed by atoms with Crippen LogP contribution < -0.4 is 0 Å². The minimum Gasteiger partial charge on any atom is -0.293 e. The number of nitrogens with zero attached hydrogens (tertiary/aromatic N) is 2. The maximum Gasteiger partial charge on any atom is 0.178 e. The lowest BCUT2D eigenvalue weighted by molar-refractivity contribution is 0.101. The molecule has 2 heterocycles. The van der Waals surface area contributed by atoms with Gasteiger partial charge in [-0.25, -0.2) is 4.68 Å². The topological polar surface area (TPSA) is 34.9 Å². The summed E-state index contributed by atoms with van der Waals surface area (Å²) >= 11 is 1.56. The first kappa shape index (κ1) is 8.19. The predicted octanol–water partition coefficient (Wildman–Crippen LogP) is 2.14. The molecule has 0 spiro atoms. The molecule has 66 valence electrons. The van der Waals surface area contributed by atoms with Gasteiger partial charge in [-0.2, -0.15) is 5.10 Å². The Morgan fingerprint density at radius 1 is 1.54 bits per heavy atom. The molecule has 0 aliphatic heterocycles. The van der Waals surface area contributed by atoms with Gasteiger partial charge >= 0.3 is 0 Å². The van der Waals surface area contributed by atoms with Crippen LogP contribution in [0.4, 0.5) is 0 Å². The molecule has 0 amide bonds. The fourth-order valence-electron chi connectivity index (χ4n) is 1.14. The van der Waals surface area contributed by atoms with E-state index in [0.29, 0.717) is 5.69 Å². The number of ketones is 1. The van der Waals surface area contributed by atoms with Crippen molar-refractivity contribution in [3.63, 3.8) is 0 Å². The third-order valence-corrected chi connectivity index (χ3v) is 2.56. The van der Waals surface area contributed by atoms with E-state index in [0.717, 1.165) is 5.00 Å². The van der Waals surface area contributed by atoms with Crippen LogP contribution in [0.1, 0.15) is 17.4 Å². The zero-order valence-corrected chi connectivity index (χ0v) is 7.91. The Labute approximate surface area is 79.6 Å². The minimum absolute atomic E-state index is 0.0332. The van der Waals surface area contributed by atoms with Crippen molar-refractivity contribution in [3.8, 4) is 5.00 Å². The number of thiophene rings is 1. The molecule has 0 fully saturated rings. The smallest absolute Gasteiger partial charge is 0.178 e. The van der Waals surface area contributed by atoms with Gasteiger partial charge < -0.3 is 0 Å². The van der Waals surface area contributed by atoms with E-state index in [1.807, 2.05) is 17.5 Å². The van der Waals surface area contributed by atoms with Crippen LogP contribution in [-0.2, 0) is 0 Å². The Balaban J connectivity index is 2.52.